The highest BCUT2D eigenvalue weighted by Crippen LogP contribution is 2.25. The van der Waals surface area contributed by atoms with Gasteiger partial charge >= 0.3 is 0 Å². The van der Waals surface area contributed by atoms with Crippen molar-refractivity contribution in [2.24, 2.45) is 5.92 Å². The van der Waals surface area contributed by atoms with Crippen molar-refractivity contribution in [3.8, 4) is 0 Å². The Balaban J connectivity index is 1.67. The Bertz CT molecular complexity index is 554. The fraction of sp³-hybridized carbons (Fsp3) is 0.619. The van der Waals surface area contributed by atoms with Crippen molar-refractivity contribution in [3.63, 3.8) is 0 Å². The Morgan fingerprint density at radius 3 is 2.38 bits per heavy atom. The molecule has 2 amide bonds. The number of rotatable bonds is 9. The van der Waals surface area contributed by atoms with Crippen LogP contribution in [-0.2, 0) is 16.0 Å². The molecule has 0 aliphatic heterocycles. The van der Waals surface area contributed by atoms with Crippen molar-refractivity contribution in [2.45, 2.75) is 51.0 Å². The zero-order chi connectivity index (χ0) is 18.8. The minimum atomic E-state index is -0.123. The lowest BCUT2D eigenvalue weighted by Crippen LogP contribution is -2.45. The highest BCUT2D eigenvalue weighted by molar-refractivity contribution is 5.84. The molecule has 1 aliphatic rings. The maximum atomic E-state index is 12.1. The van der Waals surface area contributed by atoms with E-state index in [2.05, 4.69) is 27.7 Å². The molecule has 0 saturated heterocycles. The molecule has 0 spiro atoms. The van der Waals surface area contributed by atoms with Gasteiger partial charge in [0.25, 0.3) is 0 Å². The van der Waals surface area contributed by atoms with E-state index in [9.17, 15) is 9.59 Å². The van der Waals surface area contributed by atoms with E-state index in [4.69, 9.17) is 0 Å². The van der Waals surface area contributed by atoms with Crippen molar-refractivity contribution in [2.75, 3.05) is 27.2 Å². The Morgan fingerprint density at radius 1 is 1.04 bits per heavy atom. The van der Waals surface area contributed by atoms with Gasteiger partial charge in [-0.15, -0.1) is 0 Å². The number of nitrogens with one attached hydrogen (secondary N) is 2. The predicted octanol–water partition coefficient (Wildman–Crippen LogP) is 2.36. The highest BCUT2D eigenvalue weighted by atomic mass is 16.2. The van der Waals surface area contributed by atoms with E-state index in [1.165, 1.54) is 24.8 Å². The van der Waals surface area contributed by atoms with Crippen molar-refractivity contribution >= 4 is 11.8 Å². The lowest BCUT2D eigenvalue weighted by atomic mass is 9.87. The summed E-state index contributed by atoms with van der Waals surface area (Å²) >= 11 is 0. The predicted molar refractivity (Wildman–Crippen MR) is 105 cm³/mol. The summed E-state index contributed by atoms with van der Waals surface area (Å²) in [6.45, 7) is 0.635. The van der Waals surface area contributed by atoms with Crippen LogP contribution in [0.4, 0.5) is 0 Å². The quantitative estimate of drug-likeness (QED) is 0.711. The molecule has 1 aliphatic carbocycles. The smallest absolute Gasteiger partial charge is 0.239 e. The van der Waals surface area contributed by atoms with Crippen LogP contribution in [-0.4, -0.2) is 49.9 Å². The van der Waals surface area contributed by atoms with E-state index in [0.29, 0.717) is 18.9 Å². The minimum absolute atomic E-state index is 0.000458. The van der Waals surface area contributed by atoms with E-state index < -0.39 is 0 Å². The van der Waals surface area contributed by atoms with E-state index in [0.717, 1.165) is 19.3 Å². The van der Waals surface area contributed by atoms with Crippen molar-refractivity contribution in [3.05, 3.63) is 35.9 Å². The number of likely N-dealkylation sites (N-methyl/N-ethyl adjacent to an activating group) is 1. The number of amides is 2. The van der Waals surface area contributed by atoms with Crippen LogP contribution in [0.1, 0.15) is 44.1 Å². The Morgan fingerprint density at radius 2 is 1.73 bits per heavy atom. The molecule has 144 valence electrons. The van der Waals surface area contributed by atoms with Crippen molar-refractivity contribution < 1.29 is 9.59 Å². The molecule has 1 unspecified atom stereocenters. The molecule has 2 N–H and O–H groups in total. The van der Waals surface area contributed by atoms with Crippen molar-refractivity contribution in [1.29, 1.82) is 0 Å². The second kappa shape index (κ2) is 11.0. The lowest BCUT2D eigenvalue weighted by Gasteiger charge is -2.25. The van der Waals surface area contributed by atoms with Crippen LogP contribution in [0.25, 0.3) is 0 Å². The molecule has 0 aromatic heterocycles. The van der Waals surface area contributed by atoms with Gasteiger partial charge in [-0.2, -0.15) is 0 Å². The lowest BCUT2D eigenvalue weighted by molar-refractivity contribution is -0.126. The molecule has 0 bridgehead atoms. The summed E-state index contributed by atoms with van der Waals surface area (Å²) in [7, 11) is 4.04. The van der Waals surface area contributed by atoms with Crippen LogP contribution in [0.3, 0.4) is 0 Å². The molecule has 0 radical (unpaired) electrons. The zero-order valence-corrected chi connectivity index (χ0v) is 16.2. The summed E-state index contributed by atoms with van der Waals surface area (Å²) < 4.78 is 0. The first kappa shape index (κ1) is 20.4. The van der Waals surface area contributed by atoms with Crippen LogP contribution in [0.5, 0.6) is 0 Å². The number of carbonyl (C=O) groups excluding carboxylic acids is 2. The van der Waals surface area contributed by atoms with E-state index in [-0.39, 0.29) is 24.4 Å². The fourth-order valence-electron chi connectivity index (χ4n) is 3.52. The third-order valence-electron chi connectivity index (χ3n) is 5.22. The summed E-state index contributed by atoms with van der Waals surface area (Å²) in [5.74, 6) is 0.373. The molecule has 26 heavy (non-hydrogen) atoms. The Kier molecular flexibility index (Phi) is 8.62. The number of hydrogen-bond acceptors (Lipinski definition) is 3. The third kappa shape index (κ3) is 7.56. The van der Waals surface area contributed by atoms with Gasteiger partial charge in [0, 0.05) is 19.0 Å². The highest BCUT2D eigenvalue weighted by Gasteiger charge is 2.18. The van der Waals surface area contributed by atoms with E-state index >= 15 is 0 Å². The maximum Gasteiger partial charge on any atom is 0.239 e. The Labute approximate surface area is 157 Å². The maximum absolute atomic E-state index is 12.1. The summed E-state index contributed by atoms with van der Waals surface area (Å²) in [4.78, 5) is 26.2. The molecule has 1 aromatic carbocycles. The largest absolute Gasteiger partial charge is 0.353 e. The first-order chi connectivity index (χ1) is 12.5. The van der Waals surface area contributed by atoms with Gasteiger partial charge < -0.3 is 15.5 Å². The average Bonchev–Trinajstić information content (AvgIpc) is 2.65. The van der Waals surface area contributed by atoms with Crippen LogP contribution in [0.15, 0.2) is 30.3 Å². The number of nitrogens with zero attached hydrogens (tertiary/aromatic N) is 1. The van der Waals surface area contributed by atoms with Gasteiger partial charge in [-0.05, 0) is 44.8 Å². The first-order valence-electron chi connectivity index (χ1n) is 9.78. The molecule has 1 fully saturated rings. The molecule has 0 heterocycles. The van der Waals surface area contributed by atoms with Crippen molar-refractivity contribution in [1.82, 2.24) is 15.5 Å². The van der Waals surface area contributed by atoms with Gasteiger partial charge in [0.2, 0.25) is 11.8 Å². The van der Waals surface area contributed by atoms with E-state index in [1.54, 1.807) is 0 Å². The van der Waals surface area contributed by atoms with Crippen LogP contribution in [0.2, 0.25) is 0 Å². The van der Waals surface area contributed by atoms with Gasteiger partial charge in [-0.3, -0.25) is 9.59 Å². The Hall–Kier alpha value is -1.88. The summed E-state index contributed by atoms with van der Waals surface area (Å²) in [5.41, 5.74) is 1.25. The SMILES string of the molecule is CN(C)C(CNC(=O)CNC(=O)CC1CCCCC1)Cc1ccccc1. The van der Waals surface area contributed by atoms with Crippen LogP contribution >= 0.6 is 0 Å². The van der Waals surface area contributed by atoms with Gasteiger partial charge in [0.05, 0.1) is 6.54 Å². The van der Waals surface area contributed by atoms with Gasteiger partial charge in [-0.25, -0.2) is 0 Å². The number of carbonyl (C=O) groups is 2. The number of benzene rings is 1. The molecule has 1 saturated carbocycles. The second-order valence-corrected chi connectivity index (χ2v) is 7.60. The van der Waals surface area contributed by atoms with Gasteiger partial charge in [-0.1, -0.05) is 49.6 Å². The standard InChI is InChI=1S/C21H33N3O2/c1-24(2)19(13-17-9-5-3-6-10-17)15-22-21(26)16-23-20(25)14-18-11-7-4-8-12-18/h3,5-6,9-10,18-19H,4,7-8,11-16H2,1-2H3,(H,22,26)(H,23,25). The summed E-state index contributed by atoms with van der Waals surface area (Å²) in [6, 6.07) is 10.5. The molecular formula is C21H33N3O2. The molecule has 2 rings (SSSR count). The summed E-state index contributed by atoms with van der Waals surface area (Å²) in [5, 5.41) is 5.72. The minimum Gasteiger partial charge on any atom is -0.353 e. The first-order valence-corrected chi connectivity index (χ1v) is 9.78. The fourth-order valence-corrected chi connectivity index (χ4v) is 3.52. The third-order valence-corrected chi connectivity index (χ3v) is 5.22. The molecule has 5 heteroatoms. The van der Waals surface area contributed by atoms with Gasteiger partial charge in [0.15, 0.2) is 0 Å². The normalized spacial score (nSPS) is 16.3. The molecule has 1 aromatic rings. The number of hydrogen-bond donors (Lipinski definition) is 2. The zero-order valence-electron chi connectivity index (χ0n) is 16.2. The monoisotopic (exact) mass is 359 g/mol. The second-order valence-electron chi connectivity index (χ2n) is 7.60. The van der Waals surface area contributed by atoms with Gasteiger partial charge in [0.1, 0.15) is 0 Å². The van der Waals surface area contributed by atoms with Crippen LogP contribution < -0.4 is 10.6 Å². The molecule has 5 nitrogen and oxygen atoms in total. The molecule has 1 atom stereocenters. The average molecular weight is 360 g/mol. The summed E-state index contributed by atoms with van der Waals surface area (Å²) in [6.07, 6.45) is 7.46. The van der Waals surface area contributed by atoms with Crippen LogP contribution in [0, 0.1) is 5.92 Å². The van der Waals surface area contributed by atoms with E-state index in [1.807, 2.05) is 32.3 Å². The molecular weight excluding hydrogens is 326 g/mol. The topological polar surface area (TPSA) is 61.4 Å².